The van der Waals surface area contributed by atoms with E-state index < -0.39 is 0 Å². The Morgan fingerprint density at radius 3 is 2.38 bits per heavy atom. The summed E-state index contributed by atoms with van der Waals surface area (Å²) in [6.45, 7) is 2.23. The van der Waals surface area contributed by atoms with Crippen molar-refractivity contribution in [3.05, 3.63) is 70.3 Å². The maximum absolute atomic E-state index is 2.28. The van der Waals surface area contributed by atoms with Gasteiger partial charge >= 0.3 is 0 Å². The Morgan fingerprint density at radius 1 is 0.750 bits per heavy atom. The predicted octanol–water partition coefficient (Wildman–Crippen LogP) is 3.68. The maximum atomic E-state index is 2.28. The average Bonchev–Trinajstić information content (AvgIpc) is 2.48. The molecular formula is C16H16. The quantitative estimate of drug-likeness (QED) is 0.619. The van der Waals surface area contributed by atoms with Crippen molar-refractivity contribution in [2.75, 3.05) is 0 Å². The van der Waals surface area contributed by atoms with Crippen LogP contribution in [0.2, 0.25) is 0 Å². The van der Waals surface area contributed by atoms with Crippen LogP contribution in [0.3, 0.4) is 0 Å². The van der Waals surface area contributed by atoms with Gasteiger partial charge < -0.3 is 0 Å². The van der Waals surface area contributed by atoms with Gasteiger partial charge in [-0.05, 0) is 54.0 Å². The van der Waals surface area contributed by atoms with E-state index in [0.29, 0.717) is 0 Å². The second-order valence-corrected chi connectivity index (χ2v) is 4.66. The van der Waals surface area contributed by atoms with E-state index in [1.807, 2.05) is 0 Å². The zero-order valence-electron chi connectivity index (χ0n) is 9.66. The Morgan fingerprint density at radius 2 is 1.50 bits per heavy atom. The van der Waals surface area contributed by atoms with Crippen molar-refractivity contribution < 1.29 is 0 Å². The first-order valence-corrected chi connectivity index (χ1v) is 5.99. The molecule has 0 heteroatoms. The maximum Gasteiger partial charge on any atom is -0.00202 e. The molecule has 0 radical (unpaired) electrons. The molecule has 1 aliphatic carbocycles. The number of rotatable bonds is 0. The fraction of sp³-hybridized carbons (Fsp3) is 0.250. The molecule has 0 heterocycles. The SMILES string of the molecule is Cc1cccc2c1CCc1ccccc1C2. The van der Waals surface area contributed by atoms with Crippen molar-refractivity contribution in [2.45, 2.75) is 26.2 Å². The van der Waals surface area contributed by atoms with Crippen LogP contribution in [0.15, 0.2) is 42.5 Å². The van der Waals surface area contributed by atoms with Crippen molar-refractivity contribution in [1.82, 2.24) is 0 Å². The van der Waals surface area contributed by atoms with Crippen LogP contribution in [0.1, 0.15) is 27.8 Å². The molecule has 1 aliphatic rings. The topological polar surface area (TPSA) is 0 Å². The largest absolute Gasteiger partial charge is 0.0620 e. The highest BCUT2D eigenvalue weighted by Gasteiger charge is 2.13. The highest BCUT2D eigenvalue weighted by molar-refractivity contribution is 5.43. The molecule has 16 heavy (non-hydrogen) atoms. The fourth-order valence-electron chi connectivity index (χ4n) is 2.73. The molecule has 0 aliphatic heterocycles. The van der Waals surface area contributed by atoms with Gasteiger partial charge in [-0.15, -0.1) is 0 Å². The summed E-state index contributed by atoms with van der Waals surface area (Å²) in [4.78, 5) is 0. The molecular weight excluding hydrogens is 192 g/mol. The van der Waals surface area contributed by atoms with Gasteiger partial charge in [0.2, 0.25) is 0 Å². The summed E-state index contributed by atoms with van der Waals surface area (Å²) in [5.74, 6) is 0. The number of hydrogen-bond acceptors (Lipinski definition) is 0. The lowest BCUT2D eigenvalue weighted by Crippen LogP contribution is -1.95. The Kier molecular flexibility index (Phi) is 2.28. The molecule has 0 unspecified atom stereocenters. The Bertz CT molecular complexity index is 523. The van der Waals surface area contributed by atoms with E-state index in [4.69, 9.17) is 0 Å². The molecule has 0 nitrogen and oxygen atoms in total. The summed E-state index contributed by atoms with van der Waals surface area (Å²) in [7, 11) is 0. The normalized spacial score (nSPS) is 13.8. The summed E-state index contributed by atoms with van der Waals surface area (Å²) in [6.07, 6.45) is 3.49. The number of aryl methyl sites for hydroxylation is 2. The minimum absolute atomic E-state index is 1.10. The Hall–Kier alpha value is -1.56. The van der Waals surface area contributed by atoms with Crippen LogP contribution in [-0.4, -0.2) is 0 Å². The number of hydrogen-bond donors (Lipinski definition) is 0. The van der Waals surface area contributed by atoms with Crippen molar-refractivity contribution >= 4 is 0 Å². The summed E-state index contributed by atoms with van der Waals surface area (Å²) in [5, 5.41) is 0. The summed E-state index contributed by atoms with van der Waals surface area (Å²) in [5.41, 5.74) is 7.57. The molecule has 0 spiro atoms. The van der Waals surface area contributed by atoms with E-state index in [0.717, 1.165) is 6.42 Å². The minimum atomic E-state index is 1.10. The van der Waals surface area contributed by atoms with Gasteiger partial charge in [0.05, 0.1) is 0 Å². The van der Waals surface area contributed by atoms with Gasteiger partial charge in [0.1, 0.15) is 0 Å². The molecule has 80 valence electrons. The Labute approximate surface area is 96.9 Å². The lowest BCUT2D eigenvalue weighted by atomic mass is 9.97. The van der Waals surface area contributed by atoms with E-state index in [-0.39, 0.29) is 0 Å². The predicted molar refractivity (Wildman–Crippen MR) is 67.8 cm³/mol. The van der Waals surface area contributed by atoms with E-state index in [2.05, 4.69) is 49.4 Å². The molecule has 0 atom stereocenters. The summed E-state index contributed by atoms with van der Waals surface area (Å²) >= 11 is 0. The van der Waals surface area contributed by atoms with Crippen LogP contribution in [0, 0.1) is 6.92 Å². The van der Waals surface area contributed by atoms with E-state index in [1.54, 1.807) is 5.56 Å². The fourth-order valence-corrected chi connectivity index (χ4v) is 2.73. The third-order valence-electron chi connectivity index (χ3n) is 3.65. The van der Waals surface area contributed by atoms with Gasteiger partial charge in [-0.3, -0.25) is 0 Å². The van der Waals surface area contributed by atoms with Gasteiger partial charge in [0.25, 0.3) is 0 Å². The first kappa shape index (κ1) is 9.65. The van der Waals surface area contributed by atoms with Gasteiger partial charge in [0, 0.05) is 0 Å². The molecule has 0 amide bonds. The monoisotopic (exact) mass is 208 g/mol. The third-order valence-corrected chi connectivity index (χ3v) is 3.65. The average molecular weight is 208 g/mol. The van der Waals surface area contributed by atoms with Crippen molar-refractivity contribution in [3.63, 3.8) is 0 Å². The zero-order chi connectivity index (χ0) is 11.0. The van der Waals surface area contributed by atoms with Crippen LogP contribution in [-0.2, 0) is 19.3 Å². The Balaban J connectivity index is 2.12. The van der Waals surface area contributed by atoms with E-state index >= 15 is 0 Å². The second-order valence-electron chi connectivity index (χ2n) is 4.66. The molecule has 0 N–H and O–H groups in total. The molecule has 2 aromatic carbocycles. The lowest BCUT2D eigenvalue weighted by molar-refractivity contribution is 0.954. The highest BCUT2D eigenvalue weighted by Crippen LogP contribution is 2.26. The summed E-state index contributed by atoms with van der Waals surface area (Å²) < 4.78 is 0. The van der Waals surface area contributed by atoms with Gasteiger partial charge in [-0.1, -0.05) is 42.5 Å². The van der Waals surface area contributed by atoms with Crippen LogP contribution in [0.4, 0.5) is 0 Å². The number of benzene rings is 2. The van der Waals surface area contributed by atoms with Crippen LogP contribution < -0.4 is 0 Å². The minimum Gasteiger partial charge on any atom is -0.0620 e. The van der Waals surface area contributed by atoms with Crippen molar-refractivity contribution in [1.29, 1.82) is 0 Å². The van der Waals surface area contributed by atoms with Crippen LogP contribution in [0.5, 0.6) is 0 Å². The van der Waals surface area contributed by atoms with E-state index in [1.165, 1.54) is 35.1 Å². The van der Waals surface area contributed by atoms with Crippen LogP contribution >= 0.6 is 0 Å². The molecule has 0 fully saturated rings. The highest BCUT2D eigenvalue weighted by atomic mass is 14.2. The van der Waals surface area contributed by atoms with Crippen LogP contribution in [0.25, 0.3) is 0 Å². The molecule has 3 rings (SSSR count). The first-order valence-electron chi connectivity index (χ1n) is 5.99. The van der Waals surface area contributed by atoms with Gasteiger partial charge in [0.15, 0.2) is 0 Å². The smallest absolute Gasteiger partial charge is 0.00202 e. The standard InChI is InChI=1S/C16H16/c1-12-5-4-8-15-11-14-7-3-2-6-13(14)9-10-16(12)15/h2-8H,9-11H2,1H3. The zero-order valence-corrected chi connectivity index (χ0v) is 9.66. The van der Waals surface area contributed by atoms with Crippen molar-refractivity contribution in [3.8, 4) is 0 Å². The molecule has 0 aromatic heterocycles. The first-order chi connectivity index (χ1) is 7.84. The molecule has 0 bridgehead atoms. The third kappa shape index (κ3) is 1.55. The molecule has 0 saturated carbocycles. The van der Waals surface area contributed by atoms with Crippen molar-refractivity contribution in [2.24, 2.45) is 0 Å². The van der Waals surface area contributed by atoms with E-state index in [9.17, 15) is 0 Å². The second kappa shape index (κ2) is 3.79. The summed E-state index contributed by atoms with van der Waals surface area (Å²) in [6, 6.07) is 15.5. The van der Waals surface area contributed by atoms with Gasteiger partial charge in [-0.25, -0.2) is 0 Å². The molecule has 2 aromatic rings. The number of fused-ring (bicyclic) bond motifs is 2. The van der Waals surface area contributed by atoms with Gasteiger partial charge in [-0.2, -0.15) is 0 Å². The molecule has 0 saturated heterocycles. The lowest BCUT2D eigenvalue weighted by Gasteiger charge is -2.08.